The van der Waals surface area contributed by atoms with Crippen LogP contribution < -0.4 is 5.32 Å². The van der Waals surface area contributed by atoms with Gasteiger partial charge in [-0.1, -0.05) is 58.7 Å². The summed E-state index contributed by atoms with van der Waals surface area (Å²) < 4.78 is 0.966. The lowest BCUT2D eigenvalue weighted by molar-refractivity contribution is -0.141. The van der Waals surface area contributed by atoms with E-state index in [1.165, 1.54) is 17.8 Å². The third-order valence-electron chi connectivity index (χ3n) is 5.52. The van der Waals surface area contributed by atoms with Crippen LogP contribution in [0.25, 0.3) is 10.6 Å². The molecule has 1 aliphatic heterocycles. The van der Waals surface area contributed by atoms with Crippen molar-refractivity contribution in [2.45, 2.75) is 51.0 Å². The Hall–Kier alpha value is -1.80. The van der Waals surface area contributed by atoms with E-state index in [2.05, 4.69) is 31.4 Å². The van der Waals surface area contributed by atoms with Crippen molar-refractivity contribution in [1.29, 1.82) is 0 Å². The first kappa shape index (κ1) is 19.5. The summed E-state index contributed by atoms with van der Waals surface area (Å²) in [4.78, 5) is 27.5. The molecule has 1 aromatic carbocycles. The number of halogens is 1. The Morgan fingerprint density at radius 3 is 2.71 bits per heavy atom. The first-order valence-electron chi connectivity index (χ1n) is 9.82. The van der Waals surface area contributed by atoms with E-state index in [0.717, 1.165) is 47.1 Å². The van der Waals surface area contributed by atoms with Crippen molar-refractivity contribution in [3.63, 3.8) is 0 Å². The molecule has 0 spiro atoms. The first-order chi connectivity index (χ1) is 13.6. The van der Waals surface area contributed by atoms with Crippen LogP contribution in [-0.2, 0) is 9.59 Å². The average molecular weight is 463 g/mol. The third kappa shape index (κ3) is 4.27. The molecule has 6 nitrogen and oxygen atoms in total. The average Bonchev–Trinajstić information content (AvgIpc) is 3.38. The van der Waals surface area contributed by atoms with Gasteiger partial charge in [-0.2, -0.15) is 0 Å². The predicted molar refractivity (Wildman–Crippen MR) is 113 cm³/mol. The molecule has 8 heteroatoms. The molecular weight excluding hydrogens is 440 g/mol. The van der Waals surface area contributed by atoms with E-state index in [1.54, 1.807) is 4.90 Å². The fraction of sp³-hybridized carbons (Fsp3) is 0.500. The van der Waals surface area contributed by atoms with Crippen LogP contribution in [0.5, 0.6) is 0 Å². The summed E-state index contributed by atoms with van der Waals surface area (Å²) in [5.74, 6) is 0.0925. The summed E-state index contributed by atoms with van der Waals surface area (Å²) >= 11 is 4.79. The minimum Gasteiger partial charge on any atom is -0.330 e. The van der Waals surface area contributed by atoms with Crippen LogP contribution in [0, 0.1) is 5.92 Å². The van der Waals surface area contributed by atoms with Crippen LogP contribution in [-0.4, -0.2) is 39.5 Å². The van der Waals surface area contributed by atoms with Crippen molar-refractivity contribution in [2.75, 3.05) is 11.9 Å². The lowest BCUT2D eigenvalue weighted by atomic mass is 9.88. The summed E-state index contributed by atoms with van der Waals surface area (Å²) in [6.45, 7) is 0.673. The van der Waals surface area contributed by atoms with Crippen LogP contribution in [0.2, 0.25) is 0 Å². The zero-order valence-corrected chi connectivity index (χ0v) is 18.0. The molecule has 28 heavy (non-hydrogen) atoms. The molecular formula is C20H23BrN4O2S. The molecule has 2 amide bonds. The molecule has 2 aliphatic rings. The molecule has 1 unspecified atom stereocenters. The first-order valence-corrected chi connectivity index (χ1v) is 11.4. The van der Waals surface area contributed by atoms with Crippen molar-refractivity contribution >= 4 is 44.2 Å². The largest absolute Gasteiger partial charge is 0.330 e. The number of anilines is 1. The molecule has 2 fully saturated rings. The highest BCUT2D eigenvalue weighted by atomic mass is 79.9. The van der Waals surface area contributed by atoms with E-state index in [4.69, 9.17) is 0 Å². The highest BCUT2D eigenvalue weighted by Crippen LogP contribution is 2.31. The summed E-state index contributed by atoms with van der Waals surface area (Å²) in [6, 6.07) is 7.41. The molecule has 0 bridgehead atoms. The van der Waals surface area contributed by atoms with Gasteiger partial charge in [0.25, 0.3) is 0 Å². The zero-order valence-electron chi connectivity index (χ0n) is 15.6. The van der Waals surface area contributed by atoms with Gasteiger partial charge in [0.05, 0.1) is 0 Å². The van der Waals surface area contributed by atoms with Crippen LogP contribution in [0.15, 0.2) is 28.7 Å². The fourth-order valence-electron chi connectivity index (χ4n) is 4.09. The molecule has 148 valence electrons. The number of aromatic nitrogens is 2. The van der Waals surface area contributed by atoms with Gasteiger partial charge in [-0.15, -0.1) is 10.2 Å². The second-order valence-corrected chi connectivity index (χ2v) is 9.33. The number of hydrogen-bond donors (Lipinski definition) is 1. The van der Waals surface area contributed by atoms with E-state index in [1.807, 2.05) is 24.3 Å². The van der Waals surface area contributed by atoms with Gasteiger partial charge in [0.15, 0.2) is 0 Å². The van der Waals surface area contributed by atoms with Crippen molar-refractivity contribution < 1.29 is 9.59 Å². The van der Waals surface area contributed by atoms with Gasteiger partial charge < -0.3 is 4.90 Å². The van der Waals surface area contributed by atoms with E-state index in [9.17, 15) is 9.59 Å². The Balaban J connectivity index is 1.42. The predicted octanol–water partition coefficient (Wildman–Crippen LogP) is 4.48. The normalized spacial score (nSPS) is 20.3. The van der Waals surface area contributed by atoms with Crippen LogP contribution in [0.4, 0.5) is 5.13 Å². The number of carbonyl (C=O) groups excluding carboxylic acids is 2. The SMILES string of the molecule is O=C(Nc1nnc(-c2cccc(Br)c2)s1)C1CCCN1C(=O)C1CCCCC1. The number of carbonyl (C=O) groups is 2. The topological polar surface area (TPSA) is 75.2 Å². The van der Waals surface area contributed by atoms with Crippen LogP contribution in [0.1, 0.15) is 44.9 Å². The number of hydrogen-bond acceptors (Lipinski definition) is 5. The fourth-order valence-corrected chi connectivity index (χ4v) is 5.23. The number of likely N-dealkylation sites (tertiary alicyclic amines) is 1. The molecule has 1 saturated carbocycles. The summed E-state index contributed by atoms with van der Waals surface area (Å²) in [7, 11) is 0. The van der Waals surface area contributed by atoms with Gasteiger partial charge in [0.1, 0.15) is 11.0 Å². The number of nitrogens with zero attached hydrogens (tertiary/aromatic N) is 3. The number of amides is 2. The van der Waals surface area contributed by atoms with E-state index in [0.29, 0.717) is 18.1 Å². The highest BCUT2D eigenvalue weighted by Gasteiger charge is 2.37. The van der Waals surface area contributed by atoms with Gasteiger partial charge in [0, 0.05) is 22.5 Å². The van der Waals surface area contributed by atoms with Crippen molar-refractivity contribution in [2.24, 2.45) is 5.92 Å². The van der Waals surface area contributed by atoms with Crippen LogP contribution >= 0.6 is 27.3 Å². The standard InChI is InChI=1S/C20H23BrN4O2S/c21-15-9-4-8-14(12-15)18-23-24-20(28-18)22-17(26)16-10-5-11-25(16)19(27)13-6-2-1-3-7-13/h4,8-9,12-13,16H,1-3,5-7,10-11H2,(H,22,24,26). The maximum atomic E-state index is 12.9. The van der Waals surface area contributed by atoms with Crippen LogP contribution in [0.3, 0.4) is 0 Å². The molecule has 2 aromatic rings. The minimum atomic E-state index is -0.396. The summed E-state index contributed by atoms with van der Waals surface area (Å²) in [6.07, 6.45) is 6.93. The number of rotatable bonds is 4. The summed E-state index contributed by atoms with van der Waals surface area (Å²) in [5.41, 5.74) is 0.947. The lowest BCUT2D eigenvalue weighted by Crippen LogP contribution is -2.46. The minimum absolute atomic E-state index is 0.0896. The van der Waals surface area contributed by atoms with Crippen molar-refractivity contribution in [3.8, 4) is 10.6 Å². The second kappa shape index (κ2) is 8.69. The van der Waals surface area contributed by atoms with E-state index < -0.39 is 6.04 Å². The molecule has 1 saturated heterocycles. The molecule has 1 aromatic heterocycles. The summed E-state index contributed by atoms with van der Waals surface area (Å²) in [5, 5.41) is 12.4. The Morgan fingerprint density at radius 1 is 1.11 bits per heavy atom. The van der Waals surface area contributed by atoms with Gasteiger partial charge in [0.2, 0.25) is 16.9 Å². The smallest absolute Gasteiger partial charge is 0.249 e. The molecule has 1 aliphatic carbocycles. The number of nitrogens with one attached hydrogen (secondary N) is 1. The lowest BCUT2D eigenvalue weighted by Gasteiger charge is -2.29. The monoisotopic (exact) mass is 462 g/mol. The van der Waals surface area contributed by atoms with Crippen molar-refractivity contribution in [3.05, 3.63) is 28.7 Å². The number of benzene rings is 1. The maximum absolute atomic E-state index is 12.9. The van der Waals surface area contributed by atoms with Gasteiger partial charge >= 0.3 is 0 Å². The highest BCUT2D eigenvalue weighted by molar-refractivity contribution is 9.10. The quantitative estimate of drug-likeness (QED) is 0.726. The maximum Gasteiger partial charge on any atom is 0.249 e. The van der Waals surface area contributed by atoms with Gasteiger partial charge in [-0.05, 0) is 37.8 Å². The third-order valence-corrected chi connectivity index (χ3v) is 6.90. The molecule has 0 radical (unpaired) electrons. The van der Waals surface area contributed by atoms with E-state index >= 15 is 0 Å². The van der Waals surface area contributed by atoms with Gasteiger partial charge in [-0.25, -0.2) is 0 Å². The Bertz CT molecular complexity index is 865. The second-order valence-electron chi connectivity index (χ2n) is 7.44. The van der Waals surface area contributed by atoms with E-state index in [-0.39, 0.29) is 17.7 Å². The molecule has 1 N–H and O–H groups in total. The van der Waals surface area contributed by atoms with Crippen molar-refractivity contribution in [1.82, 2.24) is 15.1 Å². The Labute approximate surface area is 176 Å². The molecule has 1 atom stereocenters. The Kier molecular flexibility index (Phi) is 6.06. The molecule has 2 heterocycles. The molecule has 4 rings (SSSR count). The van der Waals surface area contributed by atoms with Gasteiger partial charge in [-0.3, -0.25) is 14.9 Å². The Morgan fingerprint density at radius 2 is 1.93 bits per heavy atom. The zero-order chi connectivity index (χ0) is 19.5.